The summed E-state index contributed by atoms with van der Waals surface area (Å²) in [7, 11) is 1.89. The molecule has 1 aliphatic carbocycles. The number of hydrogen-bond acceptors (Lipinski definition) is 6. The number of aryl methyl sites for hydroxylation is 1. The second-order valence-electron chi connectivity index (χ2n) is 6.52. The van der Waals surface area contributed by atoms with Crippen molar-refractivity contribution in [3.8, 4) is 0 Å². The Bertz CT molecular complexity index is 904. The Balaban J connectivity index is 1.32. The van der Waals surface area contributed by atoms with E-state index in [9.17, 15) is 4.79 Å². The van der Waals surface area contributed by atoms with Crippen LogP contribution in [0.25, 0.3) is 11.2 Å². The molecule has 4 rings (SSSR count). The number of carbonyl (C=O) groups is 1. The SMILES string of the molecule is Cn1cnc2cc(C(=O)NC3CCC(Sc4ncccn4)CC3)cnc21. The molecule has 1 aliphatic rings. The highest BCUT2D eigenvalue weighted by atomic mass is 32.2. The summed E-state index contributed by atoms with van der Waals surface area (Å²) in [6, 6.07) is 3.83. The van der Waals surface area contributed by atoms with Gasteiger partial charge < -0.3 is 9.88 Å². The largest absolute Gasteiger partial charge is 0.349 e. The van der Waals surface area contributed by atoms with E-state index in [1.807, 2.05) is 17.7 Å². The molecule has 0 aliphatic heterocycles. The van der Waals surface area contributed by atoms with Crippen molar-refractivity contribution in [1.29, 1.82) is 0 Å². The molecule has 7 nitrogen and oxygen atoms in total. The fourth-order valence-electron chi connectivity index (χ4n) is 3.23. The minimum atomic E-state index is -0.0763. The first-order valence-corrected chi connectivity index (χ1v) is 9.58. The molecular weight excluding hydrogens is 348 g/mol. The Kier molecular flexibility index (Phi) is 4.83. The highest BCUT2D eigenvalue weighted by molar-refractivity contribution is 7.99. The molecule has 3 aromatic rings. The van der Waals surface area contributed by atoms with E-state index in [0.29, 0.717) is 10.8 Å². The first-order valence-electron chi connectivity index (χ1n) is 8.70. The third-order valence-electron chi connectivity index (χ3n) is 4.64. The fourth-order valence-corrected chi connectivity index (χ4v) is 4.28. The van der Waals surface area contributed by atoms with E-state index in [-0.39, 0.29) is 11.9 Å². The summed E-state index contributed by atoms with van der Waals surface area (Å²) < 4.78 is 1.84. The van der Waals surface area contributed by atoms with Crippen molar-refractivity contribution < 1.29 is 4.79 Å². The quantitative estimate of drug-likeness (QED) is 0.713. The first kappa shape index (κ1) is 17.0. The van der Waals surface area contributed by atoms with Crippen LogP contribution in [0.5, 0.6) is 0 Å². The topological polar surface area (TPSA) is 85.6 Å². The lowest BCUT2D eigenvalue weighted by Gasteiger charge is -2.28. The fraction of sp³-hybridized carbons (Fsp3) is 0.389. The number of nitrogens with zero attached hydrogens (tertiary/aromatic N) is 5. The lowest BCUT2D eigenvalue weighted by molar-refractivity contribution is 0.0928. The van der Waals surface area contributed by atoms with Crippen LogP contribution in [0.1, 0.15) is 36.0 Å². The lowest BCUT2D eigenvalue weighted by atomic mass is 9.95. The summed E-state index contributed by atoms with van der Waals surface area (Å²) in [5, 5.41) is 4.48. The molecule has 134 valence electrons. The number of thioether (sulfide) groups is 1. The van der Waals surface area contributed by atoms with Gasteiger partial charge in [-0.15, -0.1) is 0 Å². The van der Waals surface area contributed by atoms with Crippen LogP contribution in [-0.2, 0) is 7.05 Å². The third-order valence-corrected chi connectivity index (χ3v) is 5.86. The van der Waals surface area contributed by atoms with E-state index in [0.717, 1.165) is 42.0 Å². The smallest absolute Gasteiger partial charge is 0.253 e. The second kappa shape index (κ2) is 7.41. The average molecular weight is 368 g/mol. The van der Waals surface area contributed by atoms with Gasteiger partial charge in [0.1, 0.15) is 5.52 Å². The molecule has 0 saturated heterocycles. The monoisotopic (exact) mass is 368 g/mol. The third kappa shape index (κ3) is 3.70. The maximum atomic E-state index is 12.5. The molecule has 1 N–H and O–H groups in total. The van der Waals surface area contributed by atoms with Crippen molar-refractivity contribution in [2.24, 2.45) is 7.05 Å². The number of carbonyl (C=O) groups excluding carboxylic acids is 1. The number of imidazole rings is 1. The van der Waals surface area contributed by atoms with E-state index < -0.39 is 0 Å². The Morgan fingerprint density at radius 2 is 1.92 bits per heavy atom. The molecule has 0 radical (unpaired) electrons. The van der Waals surface area contributed by atoms with Crippen molar-refractivity contribution in [2.75, 3.05) is 0 Å². The zero-order valence-corrected chi connectivity index (χ0v) is 15.3. The zero-order valence-electron chi connectivity index (χ0n) is 14.5. The van der Waals surface area contributed by atoms with E-state index >= 15 is 0 Å². The molecule has 1 fully saturated rings. The Labute approximate surface area is 155 Å². The van der Waals surface area contributed by atoms with Crippen molar-refractivity contribution in [3.05, 3.63) is 42.6 Å². The molecule has 1 saturated carbocycles. The maximum absolute atomic E-state index is 12.5. The van der Waals surface area contributed by atoms with Crippen LogP contribution in [0.4, 0.5) is 0 Å². The Morgan fingerprint density at radius 1 is 1.15 bits per heavy atom. The molecule has 0 spiro atoms. The van der Waals surface area contributed by atoms with Crippen molar-refractivity contribution in [2.45, 2.75) is 42.1 Å². The number of nitrogens with one attached hydrogen (secondary N) is 1. The predicted molar refractivity (Wildman–Crippen MR) is 99.9 cm³/mol. The molecule has 0 atom stereocenters. The average Bonchev–Trinajstić information content (AvgIpc) is 3.04. The number of rotatable bonds is 4. The van der Waals surface area contributed by atoms with Gasteiger partial charge in [0.15, 0.2) is 10.8 Å². The van der Waals surface area contributed by atoms with Crippen LogP contribution >= 0.6 is 11.8 Å². The van der Waals surface area contributed by atoms with Crippen molar-refractivity contribution >= 4 is 28.8 Å². The van der Waals surface area contributed by atoms with E-state index in [1.165, 1.54) is 0 Å². The number of pyridine rings is 1. The summed E-state index contributed by atoms with van der Waals surface area (Å²) in [5.41, 5.74) is 2.08. The Morgan fingerprint density at radius 3 is 2.69 bits per heavy atom. The number of amides is 1. The van der Waals surface area contributed by atoms with Gasteiger partial charge in [-0.1, -0.05) is 11.8 Å². The predicted octanol–water partition coefficient (Wildman–Crippen LogP) is 2.59. The second-order valence-corrected chi connectivity index (χ2v) is 7.79. The van der Waals surface area contributed by atoms with Gasteiger partial charge in [-0.2, -0.15) is 0 Å². The van der Waals surface area contributed by atoms with Gasteiger partial charge in [0.25, 0.3) is 5.91 Å². The van der Waals surface area contributed by atoms with E-state index in [4.69, 9.17) is 0 Å². The van der Waals surface area contributed by atoms with Gasteiger partial charge >= 0.3 is 0 Å². The number of aromatic nitrogens is 5. The van der Waals surface area contributed by atoms with Gasteiger partial charge in [-0.3, -0.25) is 4.79 Å². The van der Waals surface area contributed by atoms with Gasteiger partial charge in [0.2, 0.25) is 0 Å². The summed E-state index contributed by atoms with van der Waals surface area (Å²) in [5.74, 6) is -0.0763. The lowest BCUT2D eigenvalue weighted by Crippen LogP contribution is -2.38. The molecule has 1 amide bonds. The van der Waals surface area contributed by atoms with Crippen LogP contribution in [0.15, 0.2) is 42.2 Å². The van der Waals surface area contributed by atoms with Gasteiger partial charge in [-0.05, 0) is 37.8 Å². The van der Waals surface area contributed by atoms with Gasteiger partial charge in [-0.25, -0.2) is 19.9 Å². The number of fused-ring (bicyclic) bond motifs is 1. The molecule has 0 bridgehead atoms. The standard InChI is InChI=1S/C18H20N6OS/c1-24-11-22-15-9-12(10-21-16(15)24)17(25)23-13-3-5-14(6-4-13)26-18-19-7-2-8-20-18/h2,7-11,13-14H,3-6H2,1H3,(H,23,25). The van der Waals surface area contributed by atoms with E-state index in [2.05, 4.69) is 25.3 Å². The molecule has 3 heterocycles. The highest BCUT2D eigenvalue weighted by Crippen LogP contribution is 2.31. The van der Waals surface area contributed by atoms with Crippen LogP contribution < -0.4 is 5.32 Å². The zero-order chi connectivity index (χ0) is 17.9. The Hall–Kier alpha value is -2.48. The molecule has 3 aromatic heterocycles. The van der Waals surface area contributed by atoms with Gasteiger partial charge in [0, 0.05) is 36.9 Å². The molecule has 0 unspecified atom stereocenters. The van der Waals surface area contributed by atoms with Gasteiger partial charge in [0.05, 0.1) is 11.9 Å². The van der Waals surface area contributed by atoms with Crippen LogP contribution in [0.2, 0.25) is 0 Å². The summed E-state index contributed by atoms with van der Waals surface area (Å²) in [4.78, 5) is 29.7. The van der Waals surface area contributed by atoms with Crippen LogP contribution in [0, 0.1) is 0 Å². The summed E-state index contributed by atoms with van der Waals surface area (Å²) >= 11 is 1.73. The van der Waals surface area contributed by atoms with E-state index in [1.54, 1.807) is 42.7 Å². The van der Waals surface area contributed by atoms with Crippen molar-refractivity contribution in [3.63, 3.8) is 0 Å². The first-order chi connectivity index (χ1) is 12.7. The van der Waals surface area contributed by atoms with Crippen LogP contribution in [-0.4, -0.2) is 41.7 Å². The highest BCUT2D eigenvalue weighted by Gasteiger charge is 2.24. The maximum Gasteiger partial charge on any atom is 0.253 e. The number of hydrogen-bond donors (Lipinski definition) is 1. The normalized spacial score (nSPS) is 20.2. The molecule has 26 heavy (non-hydrogen) atoms. The van der Waals surface area contributed by atoms with Crippen molar-refractivity contribution in [1.82, 2.24) is 29.8 Å². The minimum Gasteiger partial charge on any atom is -0.349 e. The minimum absolute atomic E-state index is 0.0763. The molecule has 0 aromatic carbocycles. The van der Waals surface area contributed by atoms with Crippen LogP contribution in [0.3, 0.4) is 0 Å². The summed E-state index contributed by atoms with van der Waals surface area (Å²) in [6.07, 6.45) is 10.9. The summed E-state index contributed by atoms with van der Waals surface area (Å²) in [6.45, 7) is 0. The molecule has 8 heteroatoms. The molecular formula is C18H20N6OS.